The highest BCUT2D eigenvalue weighted by Crippen LogP contribution is 2.37. The summed E-state index contributed by atoms with van der Waals surface area (Å²) in [5.74, 6) is -7.44. The number of rotatable bonds is 12. The van der Waals surface area contributed by atoms with Crippen LogP contribution in [-0.2, 0) is 24.7 Å². The molecule has 35 heavy (non-hydrogen) atoms. The van der Waals surface area contributed by atoms with E-state index in [9.17, 15) is 26.0 Å². The number of hydrogen-bond donors (Lipinski definition) is 3. The number of aliphatic carboxylic acids is 1. The van der Waals surface area contributed by atoms with Gasteiger partial charge in [-0.3, -0.25) is 4.79 Å². The van der Waals surface area contributed by atoms with Crippen molar-refractivity contribution in [2.75, 3.05) is 11.1 Å². The number of carboxylic acid groups (broad SMARTS) is 1. The molecule has 1 aromatic rings. The summed E-state index contributed by atoms with van der Waals surface area (Å²) in [5, 5.41) is 16.2. The number of carbonyl (C=O) groups is 1. The van der Waals surface area contributed by atoms with Crippen molar-refractivity contribution in [1.82, 2.24) is 0 Å². The number of sulfonamides is 1. The molecule has 0 radical (unpaired) electrons. The third-order valence-electron chi connectivity index (χ3n) is 6.09. The van der Waals surface area contributed by atoms with E-state index in [2.05, 4.69) is 5.32 Å². The Labute approximate surface area is 204 Å². The summed E-state index contributed by atoms with van der Waals surface area (Å²) >= 11 is 0. The third-order valence-corrected chi connectivity index (χ3v) is 8.85. The molecule has 1 aliphatic carbocycles. The Morgan fingerprint density at radius 2 is 1.34 bits per heavy atom. The summed E-state index contributed by atoms with van der Waals surface area (Å²) in [7, 11) is -9.58. The molecule has 0 unspecified atom stereocenters. The molecule has 2 rings (SSSR count). The predicted octanol–water partition coefficient (Wildman–Crippen LogP) is 4.48. The molecule has 1 fully saturated rings. The second-order valence-electron chi connectivity index (χ2n) is 8.94. The van der Waals surface area contributed by atoms with Crippen LogP contribution >= 0.6 is 0 Å². The number of nitrogens with two attached hydrogens (primary N) is 1. The average Bonchev–Trinajstić information content (AvgIpc) is 2.71. The molecule has 13 heteroatoms. The first-order chi connectivity index (χ1) is 16.4. The summed E-state index contributed by atoms with van der Waals surface area (Å²) in [6, 6.07) is -0.453. The van der Waals surface area contributed by atoms with E-state index >= 15 is 8.78 Å². The lowest BCUT2D eigenvalue weighted by Gasteiger charge is -2.25. The maximum absolute atomic E-state index is 15.3. The van der Waals surface area contributed by atoms with Gasteiger partial charge in [0.1, 0.15) is 4.90 Å². The number of primary sulfonamides is 1. The van der Waals surface area contributed by atoms with Crippen LogP contribution < -0.4 is 10.5 Å². The molecule has 0 heterocycles. The van der Waals surface area contributed by atoms with Gasteiger partial charge < -0.3 is 10.4 Å². The van der Waals surface area contributed by atoms with Gasteiger partial charge in [0.15, 0.2) is 32.2 Å². The third kappa shape index (κ3) is 8.35. The first-order valence-electron chi connectivity index (χ1n) is 11.8. The summed E-state index contributed by atoms with van der Waals surface area (Å²) in [4.78, 5) is 7.60. The van der Waals surface area contributed by atoms with E-state index in [4.69, 9.17) is 10.2 Å². The normalized spacial score (nSPS) is 16.0. The van der Waals surface area contributed by atoms with E-state index in [1.807, 2.05) is 0 Å². The molecule has 4 N–H and O–H groups in total. The van der Waals surface area contributed by atoms with Gasteiger partial charge in [-0.2, -0.15) is 0 Å². The fourth-order valence-electron chi connectivity index (χ4n) is 4.29. The molecule has 0 amide bonds. The zero-order valence-electron chi connectivity index (χ0n) is 19.5. The van der Waals surface area contributed by atoms with E-state index in [0.717, 1.165) is 32.1 Å². The first-order valence-corrected chi connectivity index (χ1v) is 15.0. The standard InChI is InChI=1S/C22H33F3N2O6S2/c23-17-18(24)22(34(30,31)14-10-6-2-5-9-13-16(28)29)20(19(25)21(17)35(26,32)33)27-15-11-7-3-1-4-8-12-15/h15,27H,1-14H2,(H,28,29)(H2,26,32,33). The highest BCUT2D eigenvalue weighted by atomic mass is 32.2. The number of anilines is 1. The lowest BCUT2D eigenvalue weighted by Crippen LogP contribution is -2.27. The van der Waals surface area contributed by atoms with Gasteiger partial charge in [-0.25, -0.2) is 35.1 Å². The molecule has 1 saturated carbocycles. The number of sulfone groups is 1. The van der Waals surface area contributed by atoms with Crippen LogP contribution in [0.1, 0.15) is 83.5 Å². The van der Waals surface area contributed by atoms with Crippen LogP contribution in [0.15, 0.2) is 9.79 Å². The van der Waals surface area contributed by atoms with Crippen molar-refractivity contribution in [1.29, 1.82) is 0 Å². The van der Waals surface area contributed by atoms with Crippen LogP contribution in [0, 0.1) is 17.5 Å². The Morgan fingerprint density at radius 3 is 1.91 bits per heavy atom. The summed E-state index contributed by atoms with van der Waals surface area (Å²) in [5.41, 5.74) is -0.903. The quantitative estimate of drug-likeness (QED) is 0.261. The summed E-state index contributed by atoms with van der Waals surface area (Å²) in [6.45, 7) is 0. The van der Waals surface area contributed by atoms with E-state index in [0.29, 0.717) is 38.5 Å². The monoisotopic (exact) mass is 542 g/mol. The highest BCUT2D eigenvalue weighted by molar-refractivity contribution is 7.91. The molecule has 200 valence electrons. The Bertz CT molecular complexity index is 1100. The zero-order chi connectivity index (χ0) is 26.2. The molecular formula is C22H33F3N2O6S2. The number of hydrogen-bond acceptors (Lipinski definition) is 6. The van der Waals surface area contributed by atoms with Crippen LogP contribution in [0.3, 0.4) is 0 Å². The average molecular weight is 543 g/mol. The maximum Gasteiger partial charge on any atom is 0.303 e. The van der Waals surface area contributed by atoms with Crippen molar-refractivity contribution < 1.29 is 39.9 Å². The number of nitrogens with one attached hydrogen (secondary N) is 1. The molecule has 0 saturated heterocycles. The van der Waals surface area contributed by atoms with Crippen molar-refractivity contribution in [3.8, 4) is 0 Å². The Hall–Kier alpha value is -1.86. The second kappa shape index (κ2) is 12.9. The zero-order valence-corrected chi connectivity index (χ0v) is 21.1. The molecule has 0 bridgehead atoms. The molecule has 0 atom stereocenters. The van der Waals surface area contributed by atoms with Crippen molar-refractivity contribution in [3.05, 3.63) is 17.5 Å². The number of benzene rings is 1. The number of halogens is 3. The van der Waals surface area contributed by atoms with Crippen LogP contribution in [0.5, 0.6) is 0 Å². The van der Waals surface area contributed by atoms with Crippen LogP contribution in [-0.4, -0.2) is 39.7 Å². The molecule has 1 aliphatic rings. The minimum Gasteiger partial charge on any atom is -0.481 e. The maximum atomic E-state index is 15.3. The SMILES string of the molecule is NS(=O)(=O)c1c(F)c(F)c(S(=O)(=O)CCCCCCCC(=O)O)c(NC2CCCCCCC2)c1F. The topological polar surface area (TPSA) is 144 Å². The van der Waals surface area contributed by atoms with E-state index in [-0.39, 0.29) is 12.8 Å². The van der Waals surface area contributed by atoms with Gasteiger partial charge in [0.05, 0.1) is 11.4 Å². The smallest absolute Gasteiger partial charge is 0.303 e. The highest BCUT2D eigenvalue weighted by Gasteiger charge is 2.36. The number of unbranched alkanes of at least 4 members (excludes halogenated alkanes) is 4. The predicted molar refractivity (Wildman–Crippen MR) is 125 cm³/mol. The van der Waals surface area contributed by atoms with Gasteiger partial charge in [-0.15, -0.1) is 0 Å². The minimum atomic E-state index is -5.03. The minimum absolute atomic E-state index is 0.00530. The van der Waals surface area contributed by atoms with E-state index < -0.39 is 70.6 Å². The first kappa shape index (κ1) is 29.4. The van der Waals surface area contributed by atoms with Crippen molar-refractivity contribution in [3.63, 3.8) is 0 Å². The number of carboxylic acids is 1. The van der Waals surface area contributed by atoms with Crippen molar-refractivity contribution in [2.24, 2.45) is 5.14 Å². The van der Waals surface area contributed by atoms with Crippen LogP contribution in [0.2, 0.25) is 0 Å². The largest absolute Gasteiger partial charge is 0.481 e. The lowest BCUT2D eigenvalue weighted by molar-refractivity contribution is -0.137. The van der Waals surface area contributed by atoms with Crippen molar-refractivity contribution in [2.45, 2.75) is 99.3 Å². The van der Waals surface area contributed by atoms with Gasteiger partial charge in [-0.05, 0) is 25.7 Å². The summed E-state index contributed by atoms with van der Waals surface area (Å²) < 4.78 is 94.5. The van der Waals surface area contributed by atoms with Gasteiger partial charge in [-0.1, -0.05) is 51.4 Å². The lowest BCUT2D eigenvalue weighted by atomic mass is 9.96. The summed E-state index contributed by atoms with van der Waals surface area (Å²) in [6.07, 6.45) is 7.37. The fraction of sp³-hybridized carbons (Fsp3) is 0.682. The fourth-order valence-corrected chi connectivity index (χ4v) is 6.60. The Morgan fingerprint density at radius 1 is 0.829 bits per heavy atom. The van der Waals surface area contributed by atoms with E-state index in [1.54, 1.807) is 0 Å². The van der Waals surface area contributed by atoms with Gasteiger partial charge >= 0.3 is 5.97 Å². The van der Waals surface area contributed by atoms with Crippen LogP contribution in [0.4, 0.5) is 18.9 Å². The van der Waals surface area contributed by atoms with Crippen molar-refractivity contribution >= 4 is 31.5 Å². The molecule has 0 spiro atoms. The molecule has 1 aromatic carbocycles. The van der Waals surface area contributed by atoms with Gasteiger partial charge in [0.25, 0.3) is 0 Å². The molecule has 8 nitrogen and oxygen atoms in total. The Balaban J connectivity index is 2.36. The molecule has 0 aliphatic heterocycles. The Kier molecular flexibility index (Phi) is 10.8. The van der Waals surface area contributed by atoms with E-state index in [1.165, 1.54) is 0 Å². The van der Waals surface area contributed by atoms with Gasteiger partial charge in [0.2, 0.25) is 10.0 Å². The molecular weight excluding hydrogens is 509 g/mol. The molecule has 0 aromatic heterocycles. The van der Waals surface area contributed by atoms with Crippen LogP contribution in [0.25, 0.3) is 0 Å². The second-order valence-corrected chi connectivity index (χ2v) is 12.5. The van der Waals surface area contributed by atoms with Gasteiger partial charge in [0, 0.05) is 12.5 Å².